The second kappa shape index (κ2) is 5.31. The van der Waals surface area contributed by atoms with E-state index in [0.29, 0.717) is 10.8 Å². The lowest BCUT2D eigenvalue weighted by Crippen LogP contribution is -2.34. The molecule has 1 N–H and O–H groups in total. The van der Waals surface area contributed by atoms with Gasteiger partial charge in [0, 0.05) is 0 Å². The lowest BCUT2D eigenvalue weighted by molar-refractivity contribution is 0.148. The molecule has 1 atom stereocenters. The van der Waals surface area contributed by atoms with Crippen molar-refractivity contribution in [2.45, 2.75) is 60.5 Å². The van der Waals surface area contributed by atoms with Crippen LogP contribution in [0.5, 0.6) is 5.75 Å². The first-order valence-corrected chi connectivity index (χ1v) is 7.66. The highest BCUT2D eigenvalue weighted by atomic mass is 16.5. The SMILES string of the molecule is CC(C)(C)Cc1ccc2c(c1)NCC(CC(C)(C)C)O2. The van der Waals surface area contributed by atoms with Crippen LogP contribution in [0.1, 0.15) is 53.5 Å². The zero-order valence-corrected chi connectivity index (χ0v) is 13.8. The second-order valence-electron chi connectivity index (χ2n) is 8.45. The molecule has 0 bridgehead atoms. The van der Waals surface area contributed by atoms with E-state index in [9.17, 15) is 0 Å². The molecule has 0 radical (unpaired) electrons. The molecule has 1 unspecified atom stereocenters. The van der Waals surface area contributed by atoms with Gasteiger partial charge in [-0.1, -0.05) is 47.6 Å². The highest BCUT2D eigenvalue weighted by Crippen LogP contribution is 2.34. The number of ether oxygens (including phenoxy) is 1. The maximum Gasteiger partial charge on any atom is 0.142 e. The van der Waals surface area contributed by atoms with E-state index in [4.69, 9.17) is 4.74 Å². The van der Waals surface area contributed by atoms with Crippen LogP contribution in [0, 0.1) is 10.8 Å². The minimum absolute atomic E-state index is 0.274. The summed E-state index contributed by atoms with van der Waals surface area (Å²) in [5, 5.41) is 3.54. The Morgan fingerprint density at radius 1 is 1.10 bits per heavy atom. The van der Waals surface area contributed by atoms with Gasteiger partial charge in [0.2, 0.25) is 0 Å². The predicted octanol–water partition coefficient (Wildman–Crippen LogP) is 4.88. The van der Waals surface area contributed by atoms with Gasteiger partial charge in [0.1, 0.15) is 11.9 Å². The third kappa shape index (κ3) is 4.43. The molecule has 0 fully saturated rings. The van der Waals surface area contributed by atoms with Gasteiger partial charge >= 0.3 is 0 Å². The molecule has 1 aliphatic rings. The molecule has 0 saturated carbocycles. The molecule has 0 aliphatic carbocycles. The van der Waals surface area contributed by atoms with E-state index in [1.165, 1.54) is 5.56 Å². The van der Waals surface area contributed by atoms with Crippen LogP contribution in [0.25, 0.3) is 0 Å². The summed E-state index contributed by atoms with van der Waals surface area (Å²) in [5.74, 6) is 1.00. The fourth-order valence-electron chi connectivity index (χ4n) is 2.78. The van der Waals surface area contributed by atoms with Crippen molar-refractivity contribution in [2.24, 2.45) is 10.8 Å². The predicted molar refractivity (Wildman–Crippen MR) is 86.6 cm³/mol. The summed E-state index contributed by atoms with van der Waals surface area (Å²) in [4.78, 5) is 0. The minimum atomic E-state index is 0.274. The van der Waals surface area contributed by atoms with Crippen molar-refractivity contribution in [3.05, 3.63) is 23.8 Å². The smallest absolute Gasteiger partial charge is 0.142 e. The molecule has 112 valence electrons. The number of benzene rings is 1. The van der Waals surface area contributed by atoms with Crippen LogP contribution in [0.15, 0.2) is 18.2 Å². The van der Waals surface area contributed by atoms with E-state index < -0.39 is 0 Å². The van der Waals surface area contributed by atoms with E-state index in [0.717, 1.165) is 30.8 Å². The van der Waals surface area contributed by atoms with E-state index in [1.54, 1.807) is 0 Å². The number of nitrogens with one attached hydrogen (secondary N) is 1. The van der Waals surface area contributed by atoms with Crippen LogP contribution in [-0.4, -0.2) is 12.6 Å². The van der Waals surface area contributed by atoms with Crippen LogP contribution in [0.3, 0.4) is 0 Å². The van der Waals surface area contributed by atoms with Gasteiger partial charge in [-0.2, -0.15) is 0 Å². The normalized spacial score (nSPS) is 19.0. The van der Waals surface area contributed by atoms with Crippen LogP contribution in [0.2, 0.25) is 0 Å². The maximum absolute atomic E-state index is 6.13. The molecule has 2 rings (SSSR count). The number of anilines is 1. The number of fused-ring (bicyclic) bond motifs is 1. The molecule has 2 nitrogen and oxygen atoms in total. The third-order valence-electron chi connectivity index (χ3n) is 3.43. The van der Waals surface area contributed by atoms with Gasteiger partial charge in [-0.25, -0.2) is 0 Å². The second-order valence-corrected chi connectivity index (χ2v) is 8.45. The van der Waals surface area contributed by atoms with Crippen molar-refractivity contribution >= 4 is 5.69 Å². The van der Waals surface area contributed by atoms with E-state index >= 15 is 0 Å². The Bertz CT molecular complexity index is 465. The van der Waals surface area contributed by atoms with Crippen LogP contribution in [0.4, 0.5) is 5.69 Å². The maximum atomic E-state index is 6.13. The molecule has 1 heterocycles. The summed E-state index contributed by atoms with van der Waals surface area (Å²) in [6, 6.07) is 6.57. The van der Waals surface area contributed by atoms with Crippen LogP contribution < -0.4 is 10.1 Å². The summed E-state index contributed by atoms with van der Waals surface area (Å²) < 4.78 is 6.13. The summed E-state index contributed by atoms with van der Waals surface area (Å²) >= 11 is 0. The van der Waals surface area contributed by atoms with Crippen LogP contribution in [-0.2, 0) is 6.42 Å². The van der Waals surface area contributed by atoms with E-state index in [1.807, 2.05) is 0 Å². The van der Waals surface area contributed by atoms with Gasteiger partial charge in [0.25, 0.3) is 0 Å². The van der Waals surface area contributed by atoms with Gasteiger partial charge < -0.3 is 10.1 Å². The van der Waals surface area contributed by atoms with Crippen molar-refractivity contribution in [1.82, 2.24) is 0 Å². The molecule has 1 aromatic carbocycles. The average molecular weight is 275 g/mol. The number of rotatable bonds is 2. The lowest BCUT2D eigenvalue weighted by Gasteiger charge is -2.32. The molecule has 1 aromatic rings. The van der Waals surface area contributed by atoms with E-state index in [-0.39, 0.29) is 6.10 Å². The highest BCUT2D eigenvalue weighted by molar-refractivity contribution is 5.59. The van der Waals surface area contributed by atoms with Gasteiger partial charge in [-0.15, -0.1) is 0 Å². The first kappa shape index (κ1) is 15.2. The quantitative estimate of drug-likeness (QED) is 0.830. The van der Waals surface area contributed by atoms with Gasteiger partial charge in [0.15, 0.2) is 0 Å². The van der Waals surface area contributed by atoms with Gasteiger partial charge in [-0.05, 0) is 41.4 Å². The first-order valence-electron chi connectivity index (χ1n) is 7.66. The summed E-state index contributed by atoms with van der Waals surface area (Å²) in [7, 11) is 0. The minimum Gasteiger partial charge on any atom is -0.486 e. The molecule has 0 amide bonds. The molecule has 0 saturated heterocycles. The Labute approximate surface area is 123 Å². The molecule has 2 heteroatoms. The highest BCUT2D eigenvalue weighted by Gasteiger charge is 2.25. The molecular weight excluding hydrogens is 246 g/mol. The summed E-state index contributed by atoms with van der Waals surface area (Å²) in [6.45, 7) is 14.5. The van der Waals surface area contributed by atoms with Crippen molar-refractivity contribution in [1.29, 1.82) is 0 Å². The standard InChI is InChI=1S/C18H29NO/c1-17(2,3)10-13-7-8-16-15(9-13)19-12-14(20-16)11-18(4,5)6/h7-9,14,19H,10-12H2,1-6H3. The lowest BCUT2D eigenvalue weighted by atomic mass is 9.87. The molecular formula is C18H29NO. The first-order chi connectivity index (χ1) is 9.12. The Balaban J connectivity index is 2.08. The third-order valence-corrected chi connectivity index (χ3v) is 3.43. The van der Waals surface area contributed by atoms with Crippen LogP contribution >= 0.6 is 0 Å². The van der Waals surface area contributed by atoms with Gasteiger partial charge in [0.05, 0.1) is 12.2 Å². The monoisotopic (exact) mass is 275 g/mol. The Morgan fingerprint density at radius 3 is 2.40 bits per heavy atom. The van der Waals surface area contributed by atoms with E-state index in [2.05, 4.69) is 65.1 Å². The molecule has 0 spiro atoms. The zero-order valence-electron chi connectivity index (χ0n) is 13.8. The van der Waals surface area contributed by atoms with Crippen molar-refractivity contribution in [3.63, 3.8) is 0 Å². The largest absolute Gasteiger partial charge is 0.486 e. The van der Waals surface area contributed by atoms with Gasteiger partial charge in [-0.3, -0.25) is 0 Å². The number of hydrogen-bond acceptors (Lipinski definition) is 2. The van der Waals surface area contributed by atoms with Crippen molar-refractivity contribution in [2.75, 3.05) is 11.9 Å². The Kier molecular flexibility index (Phi) is 4.04. The molecule has 20 heavy (non-hydrogen) atoms. The fourth-order valence-corrected chi connectivity index (χ4v) is 2.78. The van der Waals surface area contributed by atoms with Crippen molar-refractivity contribution < 1.29 is 4.74 Å². The summed E-state index contributed by atoms with van der Waals surface area (Å²) in [6.07, 6.45) is 2.44. The zero-order chi connectivity index (χ0) is 15.0. The Morgan fingerprint density at radius 2 is 1.80 bits per heavy atom. The summed E-state index contributed by atoms with van der Waals surface area (Å²) in [5.41, 5.74) is 3.15. The average Bonchev–Trinajstić information content (AvgIpc) is 2.25. The fraction of sp³-hybridized carbons (Fsp3) is 0.667. The topological polar surface area (TPSA) is 21.3 Å². The molecule has 0 aromatic heterocycles. The molecule has 1 aliphatic heterocycles. The Hall–Kier alpha value is -1.18. The number of hydrogen-bond donors (Lipinski definition) is 1. The van der Waals surface area contributed by atoms with Crippen molar-refractivity contribution in [3.8, 4) is 5.75 Å².